The van der Waals surface area contributed by atoms with Crippen LogP contribution < -0.4 is 0 Å². The van der Waals surface area contributed by atoms with E-state index < -0.39 is 0 Å². The maximum Gasteiger partial charge on any atom is 0.219 e. The van der Waals surface area contributed by atoms with Crippen molar-refractivity contribution in [3.05, 3.63) is 42.0 Å². The summed E-state index contributed by atoms with van der Waals surface area (Å²) in [6.45, 7) is 3.19. The topological polar surface area (TPSA) is 20.3 Å². The monoisotopic (exact) mass is 200 g/mol. The highest BCUT2D eigenvalue weighted by Crippen LogP contribution is 2.21. The molecule has 1 aliphatic rings. The van der Waals surface area contributed by atoms with Crippen LogP contribution in [-0.4, -0.2) is 23.9 Å². The predicted molar refractivity (Wildman–Crippen MR) is 60.1 cm³/mol. The van der Waals surface area contributed by atoms with E-state index in [4.69, 9.17) is 0 Å². The summed E-state index contributed by atoms with van der Waals surface area (Å²) < 4.78 is 0. The highest BCUT2D eigenvalue weighted by molar-refractivity contribution is 5.75. The van der Waals surface area contributed by atoms with E-state index in [1.54, 1.807) is 6.92 Å². The molecule has 0 bridgehead atoms. The standard InChI is InChI=1S/C13H14NO/c1-11(15)14-9-7-13(8-10-14)12-5-3-2-4-6-12/h3-7H,8-10H2,1H3. The predicted octanol–water partition coefficient (Wildman–Crippen LogP) is 2.12. The van der Waals surface area contributed by atoms with Crippen LogP contribution in [0.2, 0.25) is 0 Å². The number of benzene rings is 1. The summed E-state index contributed by atoms with van der Waals surface area (Å²) in [6, 6.07) is 11.0. The van der Waals surface area contributed by atoms with Gasteiger partial charge in [0.1, 0.15) is 0 Å². The molecule has 0 saturated heterocycles. The molecule has 0 spiro atoms. The first-order chi connectivity index (χ1) is 7.27. The van der Waals surface area contributed by atoms with Gasteiger partial charge in [0.2, 0.25) is 5.91 Å². The molecule has 1 radical (unpaired) electrons. The van der Waals surface area contributed by atoms with Crippen molar-refractivity contribution < 1.29 is 4.79 Å². The second kappa shape index (κ2) is 4.30. The van der Waals surface area contributed by atoms with Gasteiger partial charge in [0.25, 0.3) is 0 Å². The van der Waals surface area contributed by atoms with Crippen LogP contribution in [0.3, 0.4) is 0 Å². The van der Waals surface area contributed by atoms with Crippen LogP contribution in [-0.2, 0) is 4.79 Å². The Balaban J connectivity index is 2.12. The van der Waals surface area contributed by atoms with Crippen molar-refractivity contribution in [3.63, 3.8) is 0 Å². The number of carbonyl (C=O) groups excluding carboxylic acids is 1. The van der Waals surface area contributed by atoms with E-state index in [9.17, 15) is 4.79 Å². The van der Waals surface area contributed by atoms with Crippen molar-refractivity contribution in [1.29, 1.82) is 0 Å². The fraction of sp³-hybridized carbons (Fsp3) is 0.308. The molecule has 1 aliphatic heterocycles. The molecule has 0 N–H and O–H groups in total. The molecule has 0 atom stereocenters. The number of hydrogen-bond acceptors (Lipinski definition) is 1. The van der Waals surface area contributed by atoms with E-state index in [-0.39, 0.29) is 5.91 Å². The molecular formula is C13H14NO. The van der Waals surface area contributed by atoms with E-state index in [0.717, 1.165) is 19.5 Å². The fourth-order valence-electron chi connectivity index (χ4n) is 1.82. The molecule has 1 amide bonds. The number of amides is 1. The van der Waals surface area contributed by atoms with E-state index in [0.29, 0.717) is 0 Å². The van der Waals surface area contributed by atoms with Crippen molar-refractivity contribution in [1.82, 2.24) is 4.90 Å². The average molecular weight is 200 g/mol. The summed E-state index contributed by atoms with van der Waals surface area (Å²) >= 11 is 0. The molecule has 2 rings (SSSR count). The second-order valence-corrected chi connectivity index (χ2v) is 3.73. The minimum absolute atomic E-state index is 0.159. The normalized spacial score (nSPS) is 16.1. The van der Waals surface area contributed by atoms with Crippen molar-refractivity contribution >= 4 is 11.5 Å². The van der Waals surface area contributed by atoms with Gasteiger partial charge in [0.05, 0.1) is 0 Å². The summed E-state index contributed by atoms with van der Waals surface area (Å²) in [5.41, 5.74) is 2.58. The van der Waals surface area contributed by atoms with Crippen molar-refractivity contribution in [2.45, 2.75) is 13.3 Å². The second-order valence-electron chi connectivity index (χ2n) is 3.73. The summed E-state index contributed by atoms with van der Waals surface area (Å²) in [4.78, 5) is 13.0. The SMILES string of the molecule is CC(=O)N1CC=C(c2cc[c]cc2)CC1. The molecule has 0 aliphatic carbocycles. The van der Waals surface area contributed by atoms with Gasteiger partial charge in [0, 0.05) is 20.0 Å². The molecule has 1 aromatic rings. The Morgan fingerprint density at radius 1 is 1.40 bits per heavy atom. The summed E-state index contributed by atoms with van der Waals surface area (Å²) in [5.74, 6) is 0.159. The molecule has 0 saturated carbocycles. The Morgan fingerprint density at radius 2 is 2.13 bits per heavy atom. The Morgan fingerprint density at radius 3 is 2.67 bits per heavy atom. The van der Waals surface area contributed by atoms with Crippen molar-refractivity contribution in [3.8, 4) is 0 Å². The molecule has 0 aromatic heterocycles. The smallest absolute Gasteiger partial charge is 0.219 e. The number of rotatable bonds is 1. The third kappa shape index (κ3) is 2.27. The Labute approximate surface area is 90.2 Å². The zero-order valence-corrected chi connectivity index (χ0v) is 8.86. The number of carbonyl (C=O) groups is 1. The van der Waals surface area contributed by atoms with Gasteiger partial charge in [-0.25, -0.2) is 0 Å². The quantitative estimate of drug-likeness (QED) is 0.680. The van der Waals surface area contributed by atoms with Gasteiger partial charge in [-0.15, -0.1) is 0 Å². The number of nitrogens with zero attached hydrogens (tertiary/aromatic N) is 1. The van der Waals surface area contributed by atoms with Gasteiger partial charge >= 0.3 is 0 Å². The largest absolute Gasteiger partial charge is 0.339 e. The first kappa shape index (κ1) is 9.97. The van der Waals surface area contributed by atoms with Crippen LogP contribution in [0.15, 0.2) is 30.3 Å². The van der Waals surface area contributed by atoms with Crippen LogP contribution in [0.5, 0.6) is 0 Å². The lowest BCUT2D eigenvalue weighted by Crippen LogP contribution is -2.32. The molecule has 2 heteroatoms. The average Bonchev–Trinajstić information content (AvgIpc) is 2.30. The van der Waals surface area contributed by atoms with Gasteiger partial charge in [-0.2, -0.15) is 0 Å². The zero-order valence-electron chi connectivity index (χ0n) is 8.86. The van der Waals surface area contributed by atoms with E-state index >= 15 is 0 Å². The van der Waals surface area contributed by atoms with Crippen LogP contribution in [0.25, 0.3) is 5.57 Å². The highest BCUT2D eigenvalue weighted by Gasteiger charge is 2.13. The Kier molecular flexibility index (Phi) is 2.86. The summed E-state index contributed by atoms with van der Waals surface area (Å²) in [6.07, 6.45) is 3.09. The maximum absolute atomic E-state index is 11.1. The first-order valence-corrected chi connectivity index (χ1v) is 5.18. The van der Waals surface area contributed by atoms with Crippen molar-refractivity contribution in [2.24, 2.45) is 0 Å². The van der Waals surface area contributed by atoms with Crippen LogP contribution in [0.1, 0.15) is 18.9 Å². The third-order valence-electron chi connectivity index (χ3n) is 2.74. The van der Waals surface area contributed by atoms with E-state index in [1.807, 2.05) is 17.0 Å². The number of hydrogen-bond donors (Lipinski definition) is 0. The minimum atomic E-state index is 0.159. The summed E-state index contributed by atoms with van der Waals surface area (Å²) in [5, 5.41) is 0. The Hall–Kier alpha value is -1.57. The van der Waals surface area contributed by atoms with Gasteiger partial charge in [-0.05, 0) is 23.6 Å². The first-order valence-electron chi connectivity index (χ1n) is 5.18. The lowest BCUT2D eigenvalue weighted by Gasteiger charge is -2.25. The Bertz CT molecular complexity index is 381. The van der Waals surface area contributed by atoms with Crippen LogP contribution in [0, 0.1) is 6.07 Å². The van der Waals surface area contributed by atoms with Gasteiger partial charge in [-0.3, -0.25) is 4.79 Å². The lowest BCUT2D eigenvalue weighted by atomic mass is 10.00. The molecule has 2 nitrogen and oxygen atoms in total. The molecule has 0 unspecified atom stereocenters. The van der Waals surface area contributed by atoms with Gasteiger partial charge < -0.3 is 4.90 Å². The third-order valence-corrected chi connectivity index (χ3v) is 2.74. The highest BCUT2D eigenvalue weighted by atomic mass is 16.2. The molecule has 0 fully saturated rings. The van der Waals surface area contributed by atoms with Crippen LogP contribution >= 0.6 is 0 Å². The van der Waals surface area contributed by atoms with E-state index in [2.05, 4.69) is 24.3 Å². The molecule has 77 valence electrons. The minimum Gasteiger partial charge on any atom is -0.339 e. The maximum atomic E-state index is 11.1. The van der Waals surface area contributed by atoms with Crippen molar-refractivity contribution in [2.75, 3.05) is 13.1 Å². The molecule has 1 heterocycles. The van der Waals surface area contributed by atoms with Crippen LogP contribution in [0.4, 0.5) is 0 Å². The zero-order chi connectivity index (χ0) is 10.7. The van der Waals surface area contributed by atoms with E-state index in [1.165, 1.54) is 11.1 Å². The van der Waals surface area contributed by atoms with Gasteiger partial charge in [-0.1, -0.05) is 30.3 Å². The molecule has 15 heavy (non-hydrogen) atoms. The summed E-state index contributed by atoms with van der Waals surface area (Å²) in [7, 11) is 0. The lowest BCUT2D eigenvalue weighted by molar-refractivity contribution is -0.128. The fourth-order valence-corrected chi connectivity index (χ4v) is 1.82. The molecular weight excluding hydrogens is 186 g/mol. The molecule has 1 aromatic carbocycles. The van der Waals surface area contributed by atoms with Gasteiger partial charge in [0.15, 0.2) is 0 Å².